The van der Waals surface area contributed by atoms with Crippen LogP contribution in [0.2, 0.25) is 4.34 Å². The van der Waals surface area contributed by atoms with Gasteiger partial charge in [0.2, 0.25) is 5.88 Å². The Bertz CT molecular complexity index is 626. The number of halogens is 1. The van der Waals surface area contributed by atoms with Crippen LogP contribution < -0.4 is 5.73 Å². The summed E-state index contributed by atoms with van der Waals surface area (Å²) in [6.45, 7) is 2.10. The van der Waals surface area contributed by atoms with Gasteiger partial charge in [-0.3, -0.25) is 0 Å². The molecule has 0 bridgehead atoms. The van der Waals surface area contributed by atoms with Crippen LogP contribution in [0.5, 0.6) is 0 Å². The Hall–Kier alpha value is -1.49. The monoisotopic (exact) mass is 306 g/mol. The van der Waals surface area contributed by atoms with Crippen LogP contribution in [0.1, 0.15) is 29.4 Å². The molecule has 2 aromatic rings. The Morgan fingerprint density at radius 3 is 2.65 bits per heavy atom. The van der Waals surface area contributed by atoms with E-state index in [0.717, 1.165) is 9.21 Å². The molecule has 104 valence electrons. The van der Waals surface area contributed by atoms with Crippen molar-refractivity contribution in [3.8, 4) is 0 Å². The van der Waals surface area contributed by atoms with Crippen molar-refractivity contribution in [3.63, 3.8) is 0 Å². The number of nitrogens with two attached hydrogens (primary N) is 1. The topological polar surface area (TPSA) is 38.5 Å². The standard InChI is InChI=1S/C15H15ClN2OS/c1-10(11-5-3-2-4-6-11)18-12(9-15(17)19-18)13-7-8-14(16)20-13/h2-10,12H,17H2,1H3. The molecule has 3 nitrogen and oxygen atoms in total. The van der Waals surface area contributed by atoms with Gasteiger partial charge in [-0.25, -0.2) is 0 Å². The van der Waals surface area contributed by atoms with Crippen molar-refractivity contribution >= 4 is 22.9 Å². The van der Waals surface area contributed by atoms with Gasteiger partial charge in [-0.2, -0.15) is 0 Å². The van der Waals surface area contributed by atoms with Gasteiger partial charge in [-0.1, -0.05) is 41.9 Å². The van der Waals surface area contributed by atoms with E-state index < -0.39 is 0 Å². The SMILES string of the molecule is CC(c1ccccc1)N1OC(N)=CC1c1ccc(Cl)s1. The largest absolute Gasteiger partial charge is 0.387 e. The molecule has 1 aromatic carbocycles. The van der Waals surface area contributed by atoms with Gasteiger partial charge in [0.1, 0.15) is 6.04 Å². The van der Waals surface area contributed by atoms with Gasteiger partial charge in [0.25, 0.3) is 0 Å². The maximum Gasteiger partial charge on any atom is 0.207 e. The Morgan fingerprint density at radius 1 is 1.25 bits per heavy atom. The van der Waals surface area contributed by atoms with Crippen molar-refractivity contribution in [1.29, 1.82) is 0 Å². The van der Waals surface area contributed by atoms with Gasteiger partial charge in [0, 0.05) is 11.0 Å². The van der Waals surface area contributed by atoms with E-state index in [1.54, 1.807) is 11.3 Å². The highest BCUT2D eigenvalue weighted by molar-refractivity contribution is 7.16. The quantitative estimate of drug-likeness (QED) is 0.921. The minimum atomic E-state index is 0.00251. The molecule has 20 heavy (non-hydrogen) atoms. The van der Waals surface area contributed by atoms with Gasteiger partial charge in [0.05, 0.1) is 10.4 Å². The second-order valence-corrected chi connectivity index (χ2v) is 6.44. The fourth-order valence-corrected chi connectivity index (χ4v) is 3.45. The van der Waals surface area contributed by atoms with Gasteiger partial charge < -0.3 is 10.6 Å². The van der Waals surface area contributed by atoms with Gasteiger partial charge in [0.15, 0.2) is 0 Å². The molecule has 0 saturated carbocycles. The van der Waals surface area contributed by atoms with Crippen LogP contribution in [0.3, 0.4) is 0 Å². The maximum absolute atomic E-state index is 6.03. The Kier molecular flexibility index (Phi) is 3.70. The number of thiophene rings is 1. The summed E-state index contributed by atoms with van der Waals surface area (Å²) >= 11 is 7.57. The fourth-order valence-electron chi connectivity index (χ4n) is 2.33. The maximum atomic E-state index is 6.03. The minimum Gasteiger partial charge on any atom is -0.387 e. The highest BCUT2D eigenvalue weighted by Crippen LogP contribution is 2.40. The molecule has 1 aromatic heterocycles. The van der Waals surface area contributed by atoms with Gasteiger partial charge >= 0.3 is 0 Å². The highest BCUT2D eigenvalue weighted by Gasteiger charge is 2.33. The number of nitrogens with zero attached hydrogens (tertiary/aromatic N) is 1. The third-order valence-electron chi connectivity index (χ3n) is 3.36. The normalized spacial score (nSPS) is 20.5. The fraction of sp³-hybridized carbons (Fsp3) is 0.200. The summed E-state index contributed by atoms with van der Waals surface area (Å²) in [5.74, 6) is 0.433. The van der Waals surface area contributed by atoms with Crippen molar-refractivity contribution in [2.45, 2.75) is 19.0 Å². The average Bonchev–Trinajstić information content (AvgIpc) is 3.05. The molecule has 2 heterocycles. The van der Waals surface area contributed by atoms with E-state index in [4.69, 9.17) is 22.2 Å². The van der Waals surface area contributed by atoms with Gasteiger partial charge in [-0.15, -0.1) is 16.4 Å². The summed E-state index contributed by atoms with van der Waals surface area (Å²) < 4.78 is 0.770. The van der Waals surface area contributed by atoms with E-state index in [1.165, 1.54) is 5.56 Å². The lowest BCUT2D eigenvalue weighted by Gasteiger charge is -2.28. The second kappa shape index (κ2) is 5.48. The van der Waals surface area contributed by atoms with Crippen molar-refractivity contribution in [3.05, 3.63) is 69.2 Å². The summed E-state index contributed by atoms with van der Waals surface area (Å²) in [6.07, 6.45) is 1.92. The molecule has 1 aliphatic heterocycles. The number of hydroxylamine groups is 2. The van der Waals surface area contributed by atoms with Crippen LogP contribution in [0.15, 0.2) is 54.4 Å². The van der Waals surface area contributed by atoms with Crippen molar-refractivity contribution in [1.82, 2.24) is 5.06 Å². The van der Waals surface area contributed by atoms with E-state index in [0.29, 0.717) is 5.88 Å². The molecule has 0 radical (unpaired) electrons. The molecule has 0 amide bonds. The zero-order chi connectivity index (χ0) is 14.1. The molecule has 1 aliphatic rings. The summed E-state index contributed by atoms with van der Waals surface area (Å²) in [4.78, 5) is 6.81. The third-order valence-corrected chi connectivity index (χ3v) is 4.66. The smallest absolute Gasteiger partial charge is 0.207 e. The van der Waals surface area contributed by atoms with Crippen molar-refractivity contribution < 1.29 is 4.84 Å². The molecule has 2 N–H and O–H groups in total. The van der Waals surface area contributed by atoms with Crippen molar-refractivity contribution in [2.75, 3.05) is 0 Å². The average molecular weight is 307 g/mol. The second-order valence-electron chi connectivity index (χ2n) is 4.69. The summed E-state index contributed by atoms with van der Waals surface area (Å²) in [5.41, 5.74) is 7.03. The first-order chi connectivity index (χ1) is 9.65. The predicted molar refractivity (Wildman–Crippen MR) is 82.1 cm³/mol. The molecule has 0 saturated heterocycles. The number of benzene rings is 1. The molecule has 0 spiro atoms. The van der Waals surface area contributed by atoms with Crippen LogP contribution in [-0.2, 0) is 4.84 Å². The molecular formula is C15H15ClN2OS. The van der Waals surface area contributed by atoms with Crippen LogP contribution in [0.25, 0.3) is 0 Å². The zero-order valence-electron chi connectivity index (χ0n) is 11.0. The molecule has 0 fully saturated rings. The van der Waals surface area contributed by atoms with Crippen LogP contribution in [0, 0.1) is 0 Å². The van der Waals surface area contributed by atoms with E-state index >= 15 is 0 Å². The summed E-state index contributed by atoms with van der Waals surface area (Å²) in [6, 6.07) is 14.2. The van der Waals surface area contributed by atoms with Crippen LogP contribution >= 0.6 is 22.9 Å². The first-order valence-electron chi connectivity index (χ1n) is 6.39. The van der Waals surface area contributed by atoms with E-state index in [-0.39, 0.29) is 12.1 Å². The Balaban J connectivity index is 1.89. The molecule has 5 heteroatoms. The van der Waals surface area contributed by atoms with E-state index in [9.17, 15) is 0 Å². The molecule has 2 atom stereocenters. The summed E-state index contributed by atoms with van der Waals surface area (Å²) in [5, 5.41) is 1.91. The molecule has 2 unspecified atom stereocenters. The predicted octanol–water partition coefficient (Wildman–Crippen LogP) is 4.25. The first kappa shape index (κ1) is 13.5. The summed E-state index contributed by atoms with van der Waals surface area (Å²) in [7, 11) is 0. The lowest BCUT2D eigenvalue weighted by atomic mass is 10.1. The first-order valence-corrected chi connectivity index (χ1v) is 7.58. The van der Waals surface area contributed by atoms with Gasteiger partial charge in [-0.05, 0) is 24.6 Å². The highest BCUT2D eigenvalue weighted by atomic mass is 35.5. The third kappa shape index (κ3) is 2.54. The van der Waals surface area contributed by atoms with Crippen LogP contribution in [-0.4, -0.2) is 5.06 Å². The number of hydrogen-bond donors (Lipinski definition) is 1. The molecule has 0 aliphatic carbocycles. The van der Waals surface area contributed by atoms with E-state index in [2.05, 4.69) is 19.1 Å². The molecular weight excluding hydrogens is 292 g/mol. The molecule has 3 rings (SSSR count). The minimum absolute atomic E-state index is 0.00251. The lowest BCUT2D eigenvalue weighted by Crippen LogP contribution is -2.26. The lowest BCUT2D eigenvalue weighted by molar-refractivity contribution is -0.149. The van der Waals surface area contributed by atoms with Crippen molar-refractivity contribution in [2.24, 2.45) is 5.73 Å². The van der Waals surface area contributed by atoms with E-state index in [1.807, 2.05) is 41.5 Å². The number of rotatable bonds is 3. The Morgan fingerprint density at radius 2 is 2.00 bits per heavy atom. The Labute approximate surface area is 127 Å². The number of hydrogen-bond acceptors (Lipinski definition) is 4. The zero-order valence-corrected chi connectivity index (χ0v) is 12.6. The van der Waals surface area contributed by atoms with Crippen LogP contribution in [0.4, 0.5) is 0 Å².